The zero-order chi connectivity index (χ0) is 10.6. The first kappa shape index (κ1) is 16.5. The second-order valence-electron chi connectivity index (χ2n) is 2.26. The Hall–Kier alpha value is 0.0800. The normalized spacial score (nSPS) is 12.5. The van der Waals surface area contributed by atoms with Crippen molar-refractivity contribution in [3.05, 3.63) is 12.2 Å². The van der Waals surface area contributed by atoms with Crippen molar-refractivity contribution in [1.29, 1.82) is 0 Å². The number of carbonyl (C=O) groups excluding carboxylic acids is 1. The first-order chi connectivity index (χ1) is 5.72. The van der Waals surface area contributed by atoms with Crippen molar-refractivity contribution < 1.29 is 56.2 Å². The van der Waals surface area contributed by atoms with Crippen LogP contribution in [0.4, 0.5) is 0 Å². The van der Waals surface area contributed by atoms with Crippen LogP contribution in [-0.4, -0.2) is 25.2 Å². The maximum absolute atomic E-state index is 10.7. The third kappa shape index (κ3) is 8.67. The molecule has 6 nitrogen and oxygen atoms in total. The zero-order valence-corrected chi connectivity index (χ0v) is 11.0. The van der Waals surface area contributed by atoms with Crippen LogP contribution < -0.4 is 29.6 Å². The van der Waals surface area contributed by atoms with Crippen LogP contribution in [0.1, 0.15) is 13.8 Å². The minimum Gasteiger partial charge on any atom is -0.725 e. The van der Waals surface area contributed by atoms with Gasteiger partial charge in [0.2, 0.25) is 16.7 Å². The van der Waals surface area contributed by atoms with Gasteiger partial charge >= 0.3 is 35.5 Å². The van der Waals surface area contributed by atoms with Crippen LogP contribution in [0.3, 0.4) is 0 Å². The smallest absolute Gasteiger partial charge is 0.725 e. The van der Waals surface area contributed by atoms with E-state index in [4.69, 9.17) is 0 Å². The Morgan fingerprint density at radius 2 is 1.93 bits per heavy atom. The number of ether oxygens (including phenoxy) is 1. The van der Waals surface area contributed by atoms with Crippen molar-refractivity contribution in [2.75, 3.05) is 0 Å². The van der Waals surface area contributed by atoms with Gasteiger partial charge in [-0.05, 0) is 13.8 Å². The molecule has 0 N–H and O–H groups in total. The first-order valence-electron chi connectivity index (χ1n) is 3.23. The van der Waals surface area contributed by atoms with E-state index < -0.39 is 22.7 Å². The van der Waals surface area contributed by atoms with Crippen LogP contribution in [-0.2, 0) is 24.1 Å². The molecular formula is C6H9NaO6S. The zero-order valence-electron chi connectivity index (χ0n) is 8.14. The Morgan fingerprint density at radius 3 is 2.21 bits per heavy atom. The number of esters is 1. The summed E-state index contributed by atoms with van der Waals surface area (Å²) in [5, 5.41) is 0. The molecule has 0 saturated heterocycles. The average molecular weight is 232 g/mol. The van der Waals surface area contributed by atoms with Crippen LogP contribution in [0.25, 0.3) is 0 Å². The topological polar surface area (TPSA) is 92.7 Å². The summed E-state index contributed by atoms with van der Waals surface area (Å²) in [7, 11) is -4.85. The van der Waals surface area contributed by atoms with E-state index in [1.165, 1.54) is 6.92 Å². The molecule has 0 bridgehead atoms. The van der Waals surface area contributed by atoms with Gasteiger partial charge < -0.3 is 9.29 Å². The molecule has 0 saturated carbocycles. The van der Waals surface area contributed by atoms with Gasteiger partial charge in [-0.15, -0.1) is 0 Å². The number of rotatable bonds is 4. The van der Waals surface area contributed by atoms with Crippen molar-refractivity contribution in [2.24, 2.45) is 0 Å². The summed E-state index contributed by atoms with van der Waals surface area (Å²) in [6.45, 7) is 5.73. The number of carbonyl (C=O) groups is 1. The van der Waals surface area contributed by atoms with Crippen molar-refractivity contribution in [2.45, 2.75) is 20.1 Å². The van der Waals surface area contributed by atoms with Crippen molar-refractivity contribution in [3.63, 3.8) is 0 Å². The van der Waals surface area contributed by atoms with Crippen LogP contribution in [0, 0.1) is 0 Å². The van der Waals surface area contributed by atoms with Gasteiger partial charge in [-0.3, -0.25) is 0 Å². The molecule has 0 rings (SSSR count). The SMILES string of the molecule is C=C(C)C(=O)OC(C)OS(=O)(=O)[O-].[Na+]. The Labute approximate surface area is 105 Å². The third-order valence-corrected chi connectivity index (χ3v) is 1.38. The molecule has 0 aromatic heterocycles. The van der Waals surface area contributed by atoms with Gasteiger partial charge in [0.25, 0.3) is 0 Å². The van der Waals surface area contributed by atoms with E-state index in [2.05, 4.69) is 15.5 Å². The molecule has 8 heteroatoms. The largest absolute Gasteiger partial charge is 1.00 e. The van der Waals surface area contributed by atoms with E-state index in [1.807, 2.05) is 0 Å². The van der Waals surface area contributed by atoms with E-state index in [9.17, 15) is 17.8 Å². The Balaban J connectivity index is 0. The molecule has 0 spiro atoms. The molecule has 1 unspecified atom stereocenters. The molecule has 0 aromatic rings. The monoisotopic (exact) mass is 232 g/mol. The summed E-state index contributed by atoms with van der Waals surface area (Å²) in [5.41, 5.74) is 0.0822. The van der Waals surface area contributed by atoms with Gasteiger partial charge in [-0.2, -0.15) is 0 Å². The van der Waals surface area contributed by atoms with E-state index in [0.717, 1.165) is 6.92 Å². The molecule has 76 valence electrons. The van der Waals surface area contributed by atoms with Gasteiger partial charge in [0, 0.05) is 5.57 Å². The van der Waals surface area contributed by atoms with E-state index >= 15 is 0 Å². The molecule has 1 atom stereocenters. The van der Waals surface area contributed by atoms with Crippen molar-refractivity contribution in [1.82, 2.24) is 0 Å². The minimum atomic E-state index is -4.85. The molecule has 0 heterocycles. The molecule has 0 aliphatic rings. The average Bonchev–Trinajstić information content (AvgIpc) is 1.81. The second-order valence-corrected chi connectivity index (χ2v) is 3.27. The fourth-order valence-electron chi connectivity index (χ4n) is 0.437. The van der Waals surface area contributed by atoms with Gasteiger partial charge in [0.1, 0.15) is 0 Å². The molecular weight excluding hydrogens is 223 g/mol. The van der Waals surface area contributed by atoms with Crippen LogP contribution >= 0.6 is 0 Å². The summed E-state index contributed by atoms with van der Waals surface area (Å²) in [6, 6.07) is 0. The van der Waals surface area contributed by atoms with Crippen LogP contribution in [0.2, 0.25) is 0 Å². The predicted octanol–water partition coefficient (Wildman–Crippen LogP) is -3.07. The summed E-state index contributed by atoms with van der Waals surface area (Å²) in [6.07, 6.45) is -1.44. The summed E-state index contributed by atoms with van der Waals surface area (Å²) >= 11 is 0. The molecule has 0 aliphatic heterocycles. The van der Waals surface area contributed by atoms with E-state index in [0.29, 0.717) is 0 Å². The fourth-order valence-corrected chi connectivity index (χ4v) is 0.808. The molecule has 0 fully saturated rings. The fraction of sp³-hybridized carbons (Fsp3) is 0.500. The second kappa shape index (κ2) is 6.54. The third-order valence-electron chi connectivity index (χ3n) is 0.875. The van der Waals surface area contributed by atoms with Gasteiger partial charge in [-0.25, -0.2) is 17.4 Å². The molecule has 0 amide bonds. The van der Waals surface area contributed by atoms with Crippen molar-refractivity contribution in [3.8, 4) is 0 Å². The number of hydrogen-bond donors (Lipinski definition) is 0. The van der Waals surface area contributed by atoms with Gasteiger partial charge in [-0.1, -0.05) is 6.58 Å². The molecule has 0 aromatic carbocycles. The number of hydrogen-bond acceptors (Lipinski definition) is 6. The Kier molecular flexibility index (Phi) is 7.71. The van der Waals surface area contributed by atoms with Crippen LogP contribution in [0.5, 0.6) is 0 Å². The Bertz CT molecular complexity index is 308. The predicted molar refractivity (Wildman–Crippen MR) is 41.2 cm³/mol. The van der Waals surface area contributed by atoms with E-state index in [-0.39, 0.29) is 35.1 Å². The molecule has 0 aliphatic carbocycles. The summed E-state index contributed by atoms with van der Waals surface area (Å²) < 4.78 is 38.1. The van der Waals surface area contributed by atoms with Crippen LogP contribution in [0.15, 0.2) is 12.2 Å². The van der Waals surface area contributed by atoms with E-state index in [1.54, 1.807) is 0 Å². The standard InChI is InChI=1S/C6H10O6S.Na/c1-4(2)6(7)11-5(3)12-13(8,9)10;/h5H,1H2,2-3H3,(H,8,9,10);/q;+1/p-1. The quantitative estimate of drug-likeness (QED) is 0.127. The first-order valence-corrected chi connectivity index (χ1v) is 4.56. The Morgan fingerprint density at radius 1 is 1.50 bits per heavy atom. The maximum Gasteiger partial charge on any atom is 1.00 e. The van der Waals surface area contributed by atoms with Crippen molar-refractivity contribution >= 4 is 16.4 Å². The van der Waals surface area contributed by atoms with Gasteiger partial charge in [0.15, 0.2) is 0 Å². The van der Waals surface area contributed by atoms with Gasteiger partial charge in [0.05, 0.1) is 0 Å². The maximum atomic E-state index is 10.7. The minimum absolute atomic E-state index is 0. The summed E-state index contributed by atoms with van der Waals surface area (Å²) in [5.74, 6) is -0.823. The molecule has 14 heavy (non-hydrogen) atoms. The molecule has 0 radical (unpaired) electrons. The summed E-state index contributed by atoms with van der Waals surface area (Å²) in [4.78, 5) is 10.7.